The fraction of sp³-hybridized carbons (Fsp3) is 0. The van der Waals surface area contributed by atoms with Crippen molar-refractivity contribution in [2.45, 2.75) is 0 Å². The molecule has 0 aliphatic rings. The summed E-state index contributed by atoms with van der Waals surface area (Å²) >= 11 is 10.8. The van der Waals surface area contributed by atoms with Crippen LogP contribution in [0.3, 0.4) is 0 Å². The zero-order valence-electron chi connectivity index (χ0n) is 5.21. The highest BCUT2D eigenvalue weighted by atomic mass is 35.5. The minimum Gasteiger partial charge on any atom is -0.504 e. The summed E-state index contributed by atoms with van der Waals surface area (Å²) in [5.41, 5.74) is 0.0370. The smallest absolute Gasteiger partial charge is 0.173 e. The third kappa shape index (κ3) is 1.61. The van der Waals surface area contributed by atoms with Crippen molar-refractivity contribution in [3.05, 3.63) is 21.9 Å². The highest BCUT2D eigenvalue weighted by Crippen LogP contribution is 2.26. The number of rotatable bonds is 1. The van der Waals surface area contributed by atoms with Gasteiger partial charge in [0.25, 0.3) is 0 Å². The van der Waals surface area contributed by atoms with Gasteiger partial charge in [-0.15, -0.1) is 0 Å². The molecule has 0 fully saturated rings. The molecule has 1 aromatic rings. The first kappa shape index (κ1) is 8.30. The zero-order chi connectivity index (χ0) is 8.43. The molecule has 0 spiro atoms. The van der Waals surface area contributed by atoms with Crippen LogP contribution >= 0.6 is 23.2 Å². The fourth-order valence-electron chi connectivity index (χ4n) is 0.585. The molecule has 0 aliphatic carbocycles. The van der Waals surface area contributed by atoms with Crippen LogP contribution in [0, 0.1) is 0 Å². The zero-order valence-corrected chi connectivity index (χ0v) is 6.73. The summed E-state index contributed by atoms with van der Waals surface area (Å²) in [4.78, 5) is 13.7. The number of carbonyl (C=O) groups is 1. The molecule has 0 aromatic carbocycles. The monoisotopic (exact) mass is 191 g/mol. The number of aromatic hydroxyl groups is 1. The van der Waals surface area contributed by atoms with Crippen molar-refractivity contribution in [1.29, 1.82) is 0 Å². The molecular weight excluding hydrogens is 189 g/mol. The molecule has 0 unspecified atom stereocenters. The summed E-state index contributed by atoms with van der Waals surface area (Å²) in [7, 11) is 0. The van der Waals surface area contributed by atoms with Crippen LogP contribution in [0.5, 0.6) is 5.75 Å². The predicted octanol–water partition coefficient (Wildman–Crippen LogP) is 1.91. The van der Waals surface area contributed by atoms with E-state index in [2.05, 4.69) is 4.98 Å². The van der Waals surface area contributed by atoms with Crippen LogP contribution in [0.1, 0.15) is 10.4 Å². The Kier molecular flexibility index (Phi) is 2.31. The van der Waals surface area contributed by atoms with E-state index in [-0.39, 0.29) is 21.6 Å². The molecule has 0 aliphatic heterocycles. The molecule has 0 saturated carbocycles. The van der Waals surface area contributed by atoms with Crippen LogP contribution in [0.4, 0.5) is 0 Å². The molecular formula is C6H3Cl2NO2. The van der Waals surface area contributed by atoms with Gasteiger partial charge in [-0.1, -0.05) is 23.2 Å². The number of nitrogens with zero attached hydrogens (tertiary/aromatic N) is 1. The molecule has 1 rings (SSSR count). The minimum atomic E-state index is -0.342. The molecule has 0 amide bonds. The lowest BCUT2D eigenvalue weighted by Gasteiger charge is -1.98. The molecule has 1 heterocycles. The number of aldehydes is 1. The van der Waals surface area contributed by atoms with Gasteiger partial charge < -0.3 is 5.11 Å². The second-order valence-corrected chi connectivity index (χ2v) is 2.54. The fourth-order valence-corrected chi connectivity index (χ4v) is 1.03. The maximum Gasteiger partial charge on any atom is 0.173 e. The maximum absolute atomic E-state index is 10.2. The molecule has 58 valence electrons. The molecule has 1 N–H and O–H groups in total. The molecule has 3 nitrogen and oxygen atoms in total. The molecule has 1 aromatic heterocycles. The summed E-state index contributed by atoms with van der Waals surface area (Å²) in [6, 6.07) is 1.23. The predicted molar refractivity (Wildman–Crippen MR) is 41.3 cm³/mol. The van der Waals surface area contributed by atoms with Crippen molar-refractivity contribution in [3.63, 3.8) is 0 Å². The first-order valence-electron chi connectivity index (χ1n) is 2.65. The summed E-state index contributed by atoms with van der Waals surface area (Å²) in [5.74, 6) is -0.342. The lowest BCUT2D eigenvalue weighted by Crippen LogP contribution is -1.85. The Balaban J connectivity index is 3.35. The van der Waals surface area contributed by atoms with Gasteiger partial charge >= 0.3 is 0 Å². The molecule has 0 atom stereocenters. The van der Waals surface area contributed by atoms with Gasteiger partial charge in [0.05, 0.1) is 5.56 Å². The number of hydrogen-bond acceptors (Lipinski definition) is 3. The summed E-state index contributed by atoms with van der Waals surface area (Å²) in [5, 5.41) is 8.95. The second kappa shape index (κ2) is 3.07. The molecule has 0 radical (unpaired) electrons. The Bertz CT molecular complexity index is 301. The van der Waals surface area contributed by atoms with Crippen molar-refractivity contribution >= 4 is 29.5 Å². The Labute approximate surface area is 72.6 Å². The second-order valence-electron chi connectivity index (χ2n) is 1.79. The molecule has 0 bridgehead atoms. The van der Waals surface area contributed by atoms with Gasteiger partial charge in [-0.2, -0.15) is 0 Å². The van der Waals surface area contributed by atoms with E-state index in [4.69, 9.17) is 28.3 Å². The van der Waals surface area contributed by atoms with Crippen molar-refractivity contribution < 1.29 is 9.90 Å². The number of halogens is 2. The Morgan fingerprint density at radius 3 is 2.73 bits per heavy atom. The molecule has 11 heavy (non-hydrogen) atoms. The molecule has 0 saturated heterocycles. The van der Waals surface area contributed by atoms with Gasteiger partial charge in [0.1, 0.15) is 5.15 Å². The van der Waals surface area contributed by atoms with Crippen molar-refractivity contribution in [2.75, 3.05) is 0 Å². The largest absolute Gasteiger partial charge is 0.504 e. The summed E-state index contributed by atoms with van der Waals surface area (Å²) < 4.78 is 0. The van der Waals surface area contributed by atoms with E-state index in [1.807, 2.05) is 0 Å². The van der Waals surface area contributed by atoms with Gasteiger partial charge in [-0.05, 0) is 6.07 Å². The van der Waals surface area contributed by atoms with E-state index in [0.29, 0.717) is 6.29 Å². The van der Waals surface area contributed by atoms with Crippen LogP contribution in [0.2, 0.25) is 10.3 Å². The highest BCUT2D eigenvalue weighted by molar-refractivity contribution is 6.33. The van der Waals surface area contributed by atoms with Gasteiger partial charge in [0, 0.05) is 0 Å². The summed E-state index contributed by atoms with van der Waals surface area (Å²) in [6.45, 7) is 0. The van der Waals surface area contributed by atoms with Gasteiger partial charge in [0.2, 0.25) is 0 Å². The first-order chi connectivity index (χ1) is 5.15. The highest BCUT2D eigenvalue weighted by Gasteiger charge is 2.07. The number of pyridine rings is 1. The first-order valence-corrected chi connectivity index (χ1v) is 3.41. The third-order valence-corrected chi connectivity index (χ3v) is 1.53. The number of carbonyl (C=O) groups excluding carboxylic acids is 1. The van der Waals surface area contributed by atoms with Crippen LogP contribution in [-0.2, 0) is 0 Å². The lowest BCUT2D eigenvalue weighted by molar-refractivity contribution is 0.112. The van der Waals surface area contributed by atoms with E-state index >= 15 is 0 Å². The SMILES string of the molecule is O=Cc1cc(Cl)nc(Cl)c1O. The lowest BCUT2D eigenvalue weighted by atomic mass is 10.3. The molecule has 5 heteroatoms. The maximum atomic E-state index is 10.2. The van der Waals surface area contributed by atoms with Crippen LogP contribution in [0.25, 0.3) is 0 Å². The average molecular weight is 192 g/mol. The standard InChI is InChI=1S/C6H3Cl2NO2/c7-4-1-3(2-10)5(11)6(8)9-4/h1-2,11H. The summed E-state index contributed by atoms with van der Waals surface area (Å²) in [6.07, 6.45) is 0.453. The number of aromatic nitrogens is 1. The van der Waals surface area contributed by atoms with Crippen LogP contribution in [-0.4, -0.2) is 16.4 Å². The van der Waals surface area contributed by atoms with E-state index < -0.39 is 0 Å². The van der Waals surface area contributed by atoms with E-state index in [9.17, 15) is 4.79 Å². The number of hydrogen-bond donors (Lipinski definition) is 1. The van der Waals surface area contributed by atoms with Crippen molar-refractivity contribution in [1.82, 2.24) is 4.98 Å². The van der Waals surface area contributed by atoms with Gasteiger partial charge in [-0.25, -0.2) is 4.98 Å². The normalized spacial score (nSPS) is 9.64. The quantitative estimate of drug-likeness (QED) is 0.546. The minimum absolute atomic E-state index is 0.0370. The average Bonchev–Trinajstić information content (AvgIpc) is 1.96. The Morgan fingerprint density at radius 2 is 2.18 bits per heavy atom. The Hall–Kier alpha value is -0.800. The van der Waals surface area contributed by atoms with Crippen LogP contribution in [0.15, 0.2) is 6.07 Å². The van der Waals surface area contributed by atoms with Gasteiger partial charge in [0.15, 0.2) is 17.2 Å². The topological polar surface area (TPSA) is 50.2 Å². The third-order valence-electron chi connectivity index (χ3n) is 1.08. The van der Waals surface area contributed by atoms with Gasteiger partial charge in [-0.3, -0.25) is 4.79 Å². The Morgan fingerprint density at radius 1 is 1.55 bits per heavy atom. The van der Waals surface area contributed by atoms with E-state index in [0.717, 1.165) is 0 Å². The van der Waals surface area contributed by atoms with E-state index in [1.54, 1.807) is 0 Å². The van der Waals surface area contributed by atoms with Crippen molar-refractivity contribution in [2.24, 2.45) is 0 Å². The van der Waals surface area contributed by atoms with E-state index in [1.165, 1.54) is 6.07 Å². The van der Waals surface area contributed by atoms with Crippen molar-refractivity contribution in [3.8, 4) is 5.75 Å². The van der Waals surface area contributed by atoms with Crippen LogP contribution < -0.4 is 0 Å².